The number of carbonyl (C=O) groups excluding carboxylic acids is 1. The highest BCUT2D eigenvalue weighted by molar-refractivity contribution is 5.77. The molecular formula is C14H14F2N2O2. The van der Waals surface area contributed by atoms with Crippen LogP contribution in [0.3, 0.4) is 0 Å². The van der Waals surface area contributed by atoms with E-state index in [9.17, 15) is 13.6 Å². The predicted molar refractivity (Wildman–Crippen MR) is 68.2 cm³/mol. The van der Waals surface area contributed by atoms with Crippen LogP contribution in [0, 0.1) is 5.92 Å². The number of hydrogen-bond donors (Lipinski definition) is 0. The zero-order chi connectivity index (χ0) is 14.3. The Morgan fingerprint density at radius 2 is 2.10 bits per heavy atom. The maximum absolute atomic E-state index is 13.2. The minimum Gasteiger partial charge on any atom is -0.454 e. The average molecular weight is 280 g/mol. The molecule has 0 aliphatic heterocycles. The van der Waals surface area contributed by atoms with Gasteiger partial charge in [0.15, 0.2) is 11.9 Å². The number of carbonyl (C=O) groups is 1. The van der Waals surface area contributed by atoms with Crippen LogP contribution in [0.15, 0.2) is 24.3 Å². The van der Waals surface area contributed by atoms with Gasteiger partial charge in [-0.2, -0.15) is 8.78 Å². The van der Waals surface area contributed by atoms with Crippen LogP contribution < -0.4 is 0 Å². The third-order valence-corrected chi connectivity index (χ3v) is 3.39. The van der Waals surface area contributed by atoms with E-state index in [0.29, 0.717) is 11.0 Å². The third kappa shape index (κ3) is 2.26. The second-order valence-corrected chi connectivity index (χ2v) is 4.96. The van der Waals surface area contributed by atoms with Crippen LogP contribution in [-0.4, -0.2) is 15.5 Å². The predicted octanol–water partition coefficient (Wildman–Crippen LogP) is 3.45. The molecule has 1 atom stereocenters. The van der Waals surface area contributed by atoms with E-state index < -0.39 is 12.7 Å². The number of ether oxygens (including phenoxy) is 1. The molecule has 3 rings (SSSR count). The van der Waals surface area contributed by atoms with E-state index in [-0.39, 0.29) is 17.7 Å². The van der Waals surface area contributed by atoms with Crippen LogP contribution in [-0.2, 0) is 9.53 Å². The van der Waals surface area contributed by atoms with Crippen LogP contribution in [0.25, 0.3) is 11.0 Å². The lowest BCUT2D eigenvalue weighted by Gasteiger charge is -2.14. The Balaban J connectivity index is 1.96. The van der Waals surface area contributed by atoms with Crippen LogP contribution in [0.2, 0.25) is 0 Å². The zero-order valence-electron chi connectivity index (χ0n) is 10.9. The van der Waals surface area contributed by atoms with Gasteiger partial charge < -0.3 is 4.74 Å². The summed E-state index contributed by atoms with van der Waals surface area (Å²) in [5.74, 6) is -0.317. The van der Waals surface area contributed by atoms with Crippen molar-refractivity contribution < 1.29 is 18.3 Å². The van der Waals surface area contributed by atoms with Crippen molar-refractivity contribution in [2.24, 2.45) is 5.92 Å². The fourth-order valence-electron chi connectivity index (χ4n) is 2.20. The van der Waals surface area contributed by atoms with E-state index in [1.54, 1.807) is 31.2 Å². The highest BCUT2D eigenvalue weighted by Gasteiger charge is 2.33. The van der Waals surface area contributed by atoms with E-state index >= 15 is 0 Å². The van der Waals surface area contributed by atoms with Gasteiger partial charge in [0.1, 0.15) is 0 Å². The first kappa shape index (κ1) is 13.0. The summed E-state index contributed by atoms with van der Waals surface area (Å²) in [6, 6.07) is 6.64. The van der Waals surface area contributed by atoms with Gasteiger partial charge >= 0.3 is 12.5 Å². The molecule has 1 heterocycles. The largest absolute Gasteiger partial charge is 0.454 e. The summed E-state index contributed by atoms with van der Waals surface area (Å²) in [5, 5.41) is 0. The van der Waals surface area contributed by atoms with Gasteiger partial charge in [-0.1, -0.05) is 12.1 Å². The Bertz CT molecular complexity index is 650. The van der Waals surface area contributed by atoms with Crippen molar-refractivity contribution in [3.63, 3.8) is 0 Å². The van der Waals surface area contributed by atoms with E-state index in [0.717, 1.165) is 17.4 Å². The number of benzene rings is 1. The fourth-order valence-corrected chi connectivity index (χ4v) is 2.20. The van der Waals surface area contributed by atoms with E-state index in [1.165, 1.54) is 0 Å². The lowest BCUT2D eigenvalue weighted by Crippen LogP contribution is -2.15. The summed E-state index contributed by atoms with van der Waals surface area (Å²) >= 11 is 0. The van der Waals surface area contributed by atoms with Gasteiger partial charge in [0.05, 0.1) is 17.0 Å². The quantitative estimate of drug-likeness (QED) is 0.806. The Morgan fingerprint density at radius 3 is 2.75 bits per heavy atom. The standard InChI is InChI=1S/C14H14F2N2O2/c1-8(20-13(19)9-6-7-9)12-17-10-4-2-3-5-11(10)18(12)14(15)16/h2-5,8-9,14H,6-7H2,1H3. The van der Waals surface area contributed by atoms with Crippen LogP contribution in [0.4, 0.5) is 8.78 Å². The van der Waals surface area contributed by atoms with Crippen LogP contribution >= 0.6 is 0 Å². The Labute approximate surface area is 114 Å². The van der Waals surface area contributed by atoms with Gasteiger partial charge in [-0.05, 0) is 31.9 Å². The third-order valence-electron chi connectivity index (χ3n) is 3.39. The monoisotopic (exact) mass is 280 g/mol. The first-order chi connectivity index (χ1) is 9.58. The van der Waals surface area contributed by atoms with E-state index in [4.69, 9.17) is 4.74 Å². The average Bonchev–Trinajstić information content (AvgIpc) is 3.18. The molecule has 1 aromatic heterocycles. The Hall–Kier alpha value is -1.98. The number of rotatable bonds is 4. The van der Waals surface area contributed by atoms with Crippen molar-refractivity contribution in [3.8, 4) is 0 Å². The lowest BCUT2D eigenvalue weighted by molar-refractivity contribution is -0.150. The molecule has 20 heavy (non-hydrogen) atoms. The summed E-state index contributed by atoms with van der Waals surface area (Å²) in [6.07, 6.45) is 0.845. The van der Waals surface area contributed by atoms with Gasteiger partial charge in [0.2, 0.25) is 0 Å². The number of aromatic nitrogens is 2. The molecular weight excluding hydrogens is 266 g/mol. The first-order valence-corrected chi connectivity index (χ1v) is 6.53. The number of para-hydroxylation sites is 2. The van der Waals surface area contributed by atoms with Gasteiger partial charge in [0, 0.05) is 0 Å². The van der Waals surface area contributed by atoms with Gasteiger partial charge in [-0.15, -0.1) is 0 Å². The van der Waals surface area contributed by atoms with Crippen molar-refractivity contribution in [2.45, 2.75) is 32.4 Å². The molecule has 106 valence electrons. The number of esters is 1. The smallest absolute Gasteiger partial charge is 0.320 e. The van der Waals surface area contributed by atoms with Crippen molar-refractivity contribution >= 4 is 17.0 Å². The number of nitrogens with zero attached hydrogens (tertiary/aromatic N) is 2. The van der Waals surface area contributed by atoms with E-state index in [2.05, 4.69) is 4.98 Å². The topological polar surface area (TPSA) is 44.1 Å². The number of imidazole rings is 1. The maximum atomic E-state index is 13.2. The van der Waals surface area contributed by atoms with Crippen molar-refractivity contribution in [1.82, 2.24) is 9.55 Å². The second kappa shape index (κ2) is 4.85. The number of halogens is 2. The molecule has 0 N–H and O–H groups in total. The van der Waals surface area contributed by atoms with Crippen molar-refractivity contribution in [2.75, 3.05) is 0 Å². The molecule has 0 spiro atoms. The molecule has 1 fully saturated rings. The molecule has 0 amide bonds. The van der Waals surface area contributed by atoms with Crippen molar-refractivity contribution in [1.29, 1.82) is 0 Å². The molecule has 4 nitrogen and oxygen atoms in total. The summed E-state index contributed by atoms with van der Waals surface area (Å²) in [4.78, 5) is 15.8. The SMILES string of the molecule is CC(OC(=O)C1CC1)c1nc2ccccc2n1C(F)F. The highest BCUT2D eigenvalue weighted by atomic mass is 19.3. The molecule has 1 unspecified atom stereocenters. The minimum atomic E-state index is -2.72. The molecule has 1 aliphatic rings. The summed E-state index contributed by atoms with van der Waals surface area (Å²) in [7, 11) is 0. The van der Waals surface area contributed by atoms with Crippen molar-refractivity contribution in [3.05, 3.63) is 30.1 Å². The molecule has 0 bridgehead atoms. The fraction of sp³-hybridized carbons (Fsp3) is 0.429. The van der Waals surface area contributed by atoms with E-state index in [1.807, 2.05) is 0 Å². The van der Waals surface area contributed by atoms with Crippen LogP contribution in [0.1, 0.15) is 38.2 Å². The van der Waals surface area contributed by atoms with Gasteiger partial charge in [0.25, 0.3) is 0 Å². The second-order valence-electron chi connectivity index (χ2n) is 4.96. The minimum absolute atomic E-state index is 0.0678. The maximum Gasteiger partial charge on any atom is 0.320 e. The zero-order valence-corrected chi connectivity index (χ0v) is 10.9. The summed E-state index contributed by atoms with van der Waals surface area (Å²) in [6.45, 7) is -1.15. The normalized spacial score (nSPS) is 16.6. The number of hydrogen-bond acceptors (Lipinski definition) is 3. The summed E-state index contributed by atoms with van der Waals surface area (Å²) in [5.41, 5.74) is 0.809. The molecule has 2 aromatic rings. The summed E-state index contributed by atoms with van der Waals surface area (Å²) < 4.78 is 32.5. The molecule has 6 heteroatoms. The highest BCUT2D eigenvalue weighted by Crippen LogP contribution is 2.33. The van der Waals surface area contributed by atoms with Crippen LogP contribution in [0.5, 0.6) is 0 Å². The van der Waals surface area contributed by atoms with Gasteiger partial charge in [-0.3, -0.25) is 9.36 Å². The molecule has 0 radical (unpaired) electrons. The Kier molecular flexibility index (Phi) is 3.16. The first-order valence-electron chi connectivity index (χ1n) is 6.53. The molecule has 1 aliphatic carbocycles. The molecule has 0 saturated heterocycles. The molecule has 1 aromatic carbocycles. The lowest BCUT2D eigenvalue weighted by atomic mass is 10.3. The Morgan fingerprint density at radius 1 is 1.40 bits per heavy atom. The van der Waals surface area contributed by atoms with Gasteiger partial charge in [-0.25, -0.2) is 4.98 Å². The number of fused-ring (bicyclic) bond motifs is 1. The molecule has 1 saturated carbocycles. The number of alkyl halides is 2.